The fraction of sp³-hybridized carbons (Fsp3) is 0.625. The van der Waals surface area contributed by atoms with Gasteiger partial charge in [-0.05, 0) is 29.9 Å². The van der Waals surface area contributed by atoms with E-state index >= 15 is 0 Å². The van der Waals surface area contributed by atoms with Crippen molar-refractivity contribution < 1.29 is 22.8 Å². The summed E-state index contributed by atoms with van der Waals surface area (Å²) < 4.78 is 37.6. The summed E-state index contributed by atoms with van der Waals surface area (Å²) in [5.74, 6) is -0.792. The first-order valence-corrected chi connectivity index (χ1v) is 8.85. The van der Waals surface area contributed by atoms with E-state index < -0.39 is 18.6 Å². The largest absolute Gasteiger partial charge is 0.406 e. The number of rotatable bonds is 6. The molecule has 1 aromatic heterocycles. The van der Waals surface area contributed by atoms with Crippen molar-refractivity contribution in [1.29, 1.82) is 0 Å². The van der Waals surface area contributed by atoms with Crippen LogP contribution in [-0.2, 0) is 22.6 Å². The molecule has 134 valence electrons. The molecule has 0 fully saturated rings. The highest BCUT2D eigenvalue weighted by molar-refractivity contribution is 7.10. The van der Waals surface area contributed by atoms with Gasteiger partial charge in [-0.1, -0.05) is 6.92 Å². The average Bonchev–Trinajstić information content (AvgIpc) is 2.98. The van der Waals surface area contributed by atoms with Crippen molar-refractivity contribution in [3.63, 3.8) is 0 Å². The lowest BCUT2D eigenvalue weighted by Gasteiger charge is -2.28. The third-order valence-electron chi connectivity index (χ3n) is 3.93. The van der Waals surface area contributed by atoms with Gasteiger partial charge in [-0.2, -0.15) is 13.2 Å². The van der Waals surface area contributed by atoms with Crippen molar-refractivity contribution in [1.82, 2.24) is 9.80 Å². The summed E-state index contributed by atoms with van der Waals surface area (Å²) in [5.41, 5.74) is 1.12. The van der Waals surface area contributed by atoms with E-state index in [9.17, 15) is 22.8 Å². The molecule has 4 nitrogen and oxygen atoms in total. The summed E-state index contributed by atoms with van der Waals surface area (Å²) in [6.45, 7) is 1.63. The molecule has 24 heavy (non-hydrogen) atoms. The molecule has 0 N–H and O–H groups in total. The van der Waals surface area contributed by atoms with Gasteiger partial charge in [0.25, 0.3) is 0 Å². The molecular weight excluding hydrogens is 341 g/mol. The Kier molecular flexibility index (Phi) is 6.26. The number of thiophene rings is 1. The number of carbonyl (C=O) groups is 2. The molecule has 2 amide bonds. The van der Waals surface area contributed by atoms with Gasteiger partial charge < -0.3 is 9.80 Å². The number of hydrogen-bond donors (Lipinski definition) is 0. The van der Waals surface area contributed by atoms with Crippen LogP contribution in [0, 0.1) is 0 Å². The summed E-state index contributed by atoms with van der Waals surface area (Å²) in [6.07, 6.45) is -3.40. The first-order valence-electron chi connectivity index (χ1n) is 7.97. The molecule has 0 unspecified atom stereocenters. The zero-order chi connectivity index (χ0) is 17.7. The Bertz CT molecular complexity index is 586. The Morgan fingerprint density at radius 3 is 2.75 bits per heavy atom. The number of nitrogens with zero attached hydrogens (tertiary/aromatic N) is 2. The predicted octanol–water partition coefficient (Wildman–Crippen LogP) is 3.21. The molecule has 0 aromatic carbocycles. The lowest BCUT2D eigenvalue weighted by Crippen LogP contribution is -2.40. The van der Waals surface area contributed by atoms with Gasteiger partial charge in [-0.15, -0.1) is 11.3 Å². The van der Waals surface area contributed by atoms with Crippen molar-refractivity contribution in [3.8, 4) is 0 Å². The Balaban J connectivity index is 1.85. The number of carbonyl (C=O) groups excluding carboxylic acids is 2. The van der Waals surface area contributed by atoms with Gasteiger partial charge in [0, 0.05) is 37.4 Å². The van der Waals surface area contributed by atoms with Gasteiger partial charge >= 0.3 is 6.18 Å². The van der Waals surface area contributed by atoms with E-state index in [-0.39, 0.29) is 25.3 Å². The minimum absolute atomic E-state index is 0.0453. The minimum Gasteiger partial charge on any atom is -0.338 e. The maximum Gasteiger partial charge on any atom is 0.406 e. The van der Waals surface area contributed by atoms with Crippen LogP contribution in [0.3, 0.4) is 0 Å². The molecular formula is C16H21F3N2O2S. The minimum atomic E-state index is -4.42. The van der Waals surface area contributed by atoms with Gasteiger partial charge in [-0.3, -0.25) is 9.59 Å². The van der Waals surface area contributed by atoms with Crippen molar-refractivity contribution in [2.75, 3.05) is 19.6 Å². The van der Waals surface area contributed by atoms with Crippen LogP contribution in [0.15, 0.2) is 11.4 Å². The molecule has 0 spiro atoms. The summed E-state index contributed by atoms with van der Waals surface area (Å²) in [7, 11) is 0. The molecule has 1 aliphatic rings. The van der Waals surface area contributed by atoms with E-state index in [2.05, 4.69) is 0 Å². The zero-order valence-corrected chi connectivity index (χ0v) is 14.4. The molecule has 1 aliphatic heterocycles. The summed E-state index contributed by atoms with van der Waals surface area (Å²) in [6, 6.07) is 1.98. The van der Waals surface area contributed by atoms with Crippen molar-refractivity contribution in [2.45, 2.75) is 45.3 Å². The molecule has 0 saturated heterocycles. The van der Waals surface area contributed by atoms with E-state index in [4.69, 9.17) is 0 Å². The van der Waals surface area contributed by atoms with Crippen LogP contribution in [0.5, 0.6) is 0 Å². The molecule has 0 atom stereocenters. The summed E-state index contributed by atoms with van der Waals surface area (Å²) >= 11 is 1.67. The Labute approximate surface area is 143 Å². The topological polar surface area (TPSA) is 40.6 Å². The fourth-order valence-electron chi connectivity index (χ4n) is 2.77. The number of amides is 2. The second kappa shape index (κ2) is 8.00. The van der Waals surface area contributed by atoms with E-state index in [1.165, 1.54) is 4.88 Å². The second-order valence-corrected chi connectivity index (χ2v) is 6.87. The van der Waals surface area contributed by atoms with Crippen molar-refractivity contribution in [2.24, 2.45) is 0 Å². The zero-order valence-electron chi connectivity index (χ0n) is 13.6. The highest BCUT2D eigenvalue weighted by Crippen LogP contribution is 2.24. The second-order valence-electron chi connectivity index (χ2n) is 5.86. The third kappa shape index (κ3) is 5.22. The quantitative estimate of drug-likeness (QED) is 0.780. The Hall–Kier alpha value is -1.57. The monoisotopic (exact) mass is 362 g/mol. The van der Waals surface area contributed by atoms with Crippen LogP contribution in [0.25, 0.3) is 0 Å². The van der Waals surface area contributed by atoms with E-state index in [0.29, 0.717) is 19.5 Å². The molecule has 0 aliphatic carbocycles. The normalized spacial score (nSPS) is 14.4. The maximum absolute atomic E-state index is 12.5. The van der Waals surface area contributed by atoms with Gasteiger partial charge in [0.15, 0.2) is 0 Å². The summed E-state index contributed by atoms with van der Waals surface area (Å²) in [5, 5.41) is 1.99. The average molecular weight is 362 g/mol. The van der Waals surface area contributed by atoms with E-state index in [1.54, 1.807) is 23.2 Å². The van der Waals surface area contributed by atoms with Gasteiger partial charge in [0.05, 0.1) is 0 Å². The first-order chi connectivity index (χ1) is 11.3. The Morgan fingerprint density at radius 2 is 2.08 bits per heavy atom. The van der Waals surface area contributed by atoms with Crippen LogP contribution >= 0.6 is 11.3 Å². The van der Waals surface area contributed by atoms with E-state index in [1.807, 2.05) is 11.4 Å². The van der Waals surface area contributed by atoms with Crippen LogP contribution in [-0.4, -0.2) is 47.4 Å². The maximum atomic E-state index is 12.5. The highest BCUT2D eigenvalue weighted by atomic mass is 32.1. The number of fused-ring (bicyclic) bond motifs is 1. The number of hydrogen-bond acceptors (Lipinski definition) is 3. The van der Waals surface area contributed by atoms with Crippen molar-refractivity contribution >= 4 is 23.2 Å². The summed E-state index contributed by atoms with van der Waals surface area (Å²) in [4.78, 5) is 28.0. The lowest BCUT2D eigenvalue weighted by molar-refractivity contribution is -0.161. The van der Waals surface area contributed by atoms with Crippen molar-refractivity contribution in [3.05, 3.63) is 21.9 Å². The third-order valence-corrected chi connectivity index (χ3v) is 4.95. The van der Waals surface area contributed by atoms with Crippen LogP contribution in [0.4, 0.5) is 13.2 Å². The molecule has 2 heterocycles. The number of halogens is 3. The van der Waals surface area contributed by atoms with E-state index in [0.717, 1.165) is 16.9 Å². The molecule has 8 heteroatoms. The van der Waals surface area contributed by atoms with Crippen LogP contribution < -0.4 is 0 Å². The molecule has 0 radical (unpaired) electrons. The van der Waals surface area contributed by atoms with Crippen LogP contribution in [0.2, 0.25) is 0 Å². The smallest absolute Gasteiger partial charge is 0.338 e. The Morgan fingerprint density at radius 1 is 1.33 bits per heavy atom. The highest BCUT2D eigenvalue weighted by Gasteiger charge is 2.32. The van der Waals surface area contributed by atoms with Gasteiger partial charge in [-0.25, -0.2) is 0 Å². The molecule has 1 aromatic rings. The lowest BCUT2D eigenvalue weighted by atomic mass is 10.1. The van der Waals surface area contributed by atoms with Gasteiger partial charge in [0.1, 0.15) is 6.54 Å². The fourth-order valence-corrected chi connectivity index (χ4v) is 3.66. The van der Waals surface area contributed by atoms with Crippen LogP contribution in [0.1, 0.15) is 36.6 Å². The molecule has 0 bridgehead atoms. The standard InChI is InChI=1S/C16H21F3N2O2S/c1-2-7-21(11-16(17,18)19)15(23)4-3-14(22)20-8-5-13-12(10-20)6-9-24-13/h6,9H,2-5,7-8,10-11H2,1H3. The number of alkyl halides is 3. The first kappa shape index (κ1) is 18.8. The van der Waals surface area contributed by atoms with Gasteiger partial charge in [0.2, 0.25) is 11.8 Å². The predicted molar refractivity (Wildman–Crippen MR) is 85.6 cm³/mol. The molecule has 0 saturated carbocycles. The SMILES string of the molecule is CCCN(CC(F)(F)F)C(=O)CCC(=O)N1CCc2sccc2C1. The molecule has 2 rings (SSSR count).